The zero-order valence-corrected chi connectivity index (χ0v) is 12.7. The van der Waals surface area contributed by atoms with Crippen LogP contribution in [0.2, 0.25) is 0 Å². The lowest BCUT2D eigenvalue weighted by molar-refractivity contribution is 0.108. The summed E-state index contributed by atoms with van der Waals surface area (Å²) in [5.41, 5.74) is 1.53. The standard InChI is InChI=1S/C13H13BrClFN2O/c1-7-11(2-3-19-7)18-12-5-9(16)8(14)4-10(12)17-13(18)6-15/h4-5,7,11H,2-3,6H2,1H3. The van der Waals surface area contributed by atoms with Crippen LogP contribution in [-0.4, -0.2) is 22.3 Å². The molecule has 0 N–H and O–H groups in total. The third-order valence-electron chi connectivity index (χ3n) is 3.59. The highest BCUT2D eigenvalue weighted by Crippen LogP contribution is 2.33. The molecule has 1 aliphatic heterocycles. The molecule has 0 bridgehead atoms. The molecule has 102 valence electrons. The average Bonchev–Trinajstić information content (AvgIpc) is 2.93. The van der Waals surface area contributed by atoms with E-state index < -0.39 is 0 Å². The van der Waals surface area contributed by atoms with E-state index in [4.69, 9.17) is 16.3 Å². The van der Waals surface area contributed by atoms with Crippen molar-refractivity contribution in [2.24, 2.45) is 0 Å². The number of ether oxygens (including phenoxy) is 1. The molecule has 1 fully saturated rings. The van der Waals surface area contributed by atoms with Crippen LogP contribution in [0.5, 0.6) is 0 Å². The lowest BCUT2D eigenvalue weighted by Crippen LogP contribution is -2.18. The van der Waals surface area contributed by atoms with Crippen molar-refractivity contribution < 1.29 is 9.13 Å². The normalized spacial score (nSPS) is 23.4. The van der Waals surface area contributed by atoms with E-state index in [9.17, 15) is 4.39 Å². The molecule has 0 saturated carbocycles. The van der Waals surface area contributed by atoms with Crippen LogP contribution in [0.4, 0.5) is 4.39 Å². The topological polar surface area (TPSA) is 27.1 Å². The Morgan fingerprint density at radius 2 is 2.37 bits per heavy atom. The number of rotatable bonds is 2. The SMILES string of the molecule is CC1OCCC1n1c(CCl)nc2cc(Br)c(F)cc21. The predicted molar refractivity (Wildman–Crippen MR) is 76.0 cm³/mol. The largest absolute Gasteiger partial charge is 0.376 e. The van der Waals surface area contributed by atoms with Crippen LogP contribution >= 0.6 is 27.5 Å². The second kappa shape index (κ2) is 5.04. The Balaban J connectivity index is 2.23. The van der Waals surface area contributed by atoms with Gasteiger partial charge in [0.25, 0.3) is 0 Å². The number of alkyl halides is 1. The van der Waals surface area contributed by atoms with Crippen LogP contribution in [0.3, 0.4) is 0 Å². The Bertz CT molecular complexity index is 631. The smallest absolute Gasteiger partial charge is 0.139 e. The molecule has 2 aromatic rings. The van der Waals surface area contributed by atoms with Crippen molar-refractivity contribution >= 4 is 38.6 Å². The summed E-state index contributed by atoms with van der Waals surface area (Å²) in [6, 6.07) is 3.37. The summed E-state index contributed by atoms with van der Waals surface area (Å²) in [6.45, 7) is 2.74. The molecule has 19 heavy (non-hydrogen) atoms. The molecule has 1 saturated heterocycles. The van der Waals surface area contributed by atoms with Gasteiger partial charge < -0.3 is 9.30 Å². The highest BCUT2D eigenvalue weighted by Gasteiger charge is 2.29. The Morgan fingerprint density at radius 3 is 3.00 bits per heavy atom. The van der Waals surface area contributed by atoms with E-state index in [1.165, 1.54) is 6.07 Å². The van der Waals surface area contributed by atoms with E-state index in [0.29, 0.717) is 17.0 Å². The van der Waals surface area contributed by atoms with Crippen LogP contribution in [0.25, 0.3) is 11.0 Å². The maximum absolute atomic E-state index is 13.8. The first-order valence-corrected chi connectivity index (χ1v) is 7.48. The van der Waals surface area contributed by atoms with Crippen LogP contribution < -0.4 is 0 Å². The van der Waals surface area contributed by atoms with E-state index in [1.807, 2.05) is 11.5 Å². The van der Waals surface area contributed by atoms with Crippen molar-refractivity contribution in [3.8, 4) is 0 Å². The number of benzene rings is 1. The van der Waals surface area contributed by atoms with Gasteiger partial charge in [-0.25, -0.2) is 9.37 Å². The fourth-order valence-electron chi connectivity index (χ4n) is 2.66. The number of imidazole rings is 1. The van der Waals surface area contributed by atoms with E-state index in [1.54, 1.807) is 6.07 Å². The molecule has 1 aromatic heterocycles. The molecule has 0 radical (unpaired) electrons. The fraction of sp³-hybridized carbons (Fsp3) is 0.462. The first-order valence-electron chi connectivity index (χ1n) is 6.15. The Labute approximate surface area is 123 Å². The van der Waals surface area contributed by atoms with Gasteiger partial charge in [0, 0.05) is 12.7 Å². The second-order valence-electron chi connectivity index (χ2n) is 4.72. The summed E-state index contributed by atoms with van der Waals surface area (Å²) >= 11 is 9.17. The van der Waals surface area contributed by atoms with Crippen LogP contribution in [-0.2, 0) is 10.6 Å². The minimum absolute atomic E-state index is 0.0890. The highest BCUT2D eigenvalue weighted by atomic mass is 79.9. The maximum atomic E-state index is 13.8. The summed E-state index contributed by atoms with van der Waals surface area (Å²) < 4.78 is 21.8. The number of hydrogen-bond donors (Lipinski definition) is 0. The summed E-state index contributed by atoms with van der Waals surface area (Å²) in [6.07, 6.45) is 0.986. The first-order chi connectivity index (χ1) is 9.11. The van der Waals surface area contributed by atoms with Gasteiger partial charge in [0.05, 0.1) is 33.5 Å². The van der Waals surface area contributed by atoms with Gasteiger partial charge in [0.1, 0.15) is 11.6 Å². The number of hydrogen-bond acceptors (Lipinski definition) is 2. The molecule has 1 aromatic carbocycles. The van der Waals surface area contributed by atoms with Gasteiger partial charge in [0.2, 0.25) is 0 Å². The van der Waals surface area contributed by atoms with Gasteiger partial charge in [0.15, 0.2) is 0 Å². The molecule has 0 aliphatic carbocycles. The lowest BCUT2D eigenvalue weighted by Gasteiger charge is -2.19. The maximum Gasteiger partial charge on any atom is 0.139 e. The van der Waals surface area contributed by atoms with Crippen molar-refractivity contribution in [1.29, 1.82) is 0 Å². The molecule has 2 atom stereocenters. The summed E-state index contributed by atoms with van der Waals surface area (Å²) in [4.78, 5) is 4.49. The number of aromatic nitrogens is 2. The summed E-state index contributed by atoms with van der Waals surface area (Å²) in [5.74, 6) is 0.773. The van der Waals surface area contributed by atoms with Gasteiger partial charge in [-0.1, -0.05) is 0 Å². The molecule has 1 aliphatic rings. The zero-order chi connectivity index (χ0) is 13.6. The van der Waals surface area contributed by atoms with E-state index >= 15 is 0 Å². The van der Waals surface area contributed by atoms with Crippen LogP contribution in [0.1, 0.15) is 25.2 Å². The minimum atomic E-state index is -0.290. The van der Waals surface area contributed by atoms with Gasteiger partial charge >= 0.3 is 0 Å². The van der Waals surface area contributed by atoms with Crippen molar-refractivity contribution in [2.45, 2.75) is 31.4 Å². The van der Waals surface area contributed by atoms with Crippen molar-refractivity contribution in [3.05, 3.63) is 28.2 Å². The Morgan fingerprint density at radius 1 is 1.58 bits per heavy atom. The molecule has 2 unspecified atom stereocenters. The van der Waals surface area contributed by atoms with Crippen molar-refractivity contribution in [2.75, 3.05) is 6.61 Å². The van der Waals surface area contributed by atoms with Gasteiger partial charge in [-0.2, -0.15) is 0 Å². The second-order valence-corrected chi connectivity index (χ2v) is 5.84. The molecule has 2 heterocycles. The zero-order valence-electron chi connectivity index (χ0n) is 10.4. The number of nitrogens with zero attached hydrogens (tertiary/aromatic N) is 2. The summed E-state index contributed by atoms with van der Waals surface area (Å²) in [5, 5.41) is 0. The van der Waals surface area contributed by atoms with E-state index in [0.717, 1.165) is 23.3 Å². The molecule has 3 nitrogen and oxygen atoms in total. The average molecular weight is 348 g/mol. The molecule has 6 heteroatoms. The van der Waals surface area contributed by atoms with Crippen molar-refractivity contribution in [3.63, 3.8) is 0 Å². The predicted octanol–water partition coefficient (Wildman–Crippen LogP) is 4.03. The molecular weight excluding hydrogens is 335 g/mol. The third kappa shape index (κ3) is 2.18. The monoisotopic (exact) mass is 346 g/mol. The molecule has 3 rings (SSSR count). The molecule has 0 amide bonds. The summed E-state index contributed by atoms with van der Waals surface area (Å²) in [7, 11) is 0. The van der Waals surface area contributed by atoms with Gasteiger partial charge in [-0.05, 0) is 35.3 Å². The number of halogens is 3. The minimum Gasteiger partial charge on any atom is -0.376 e. The van der Waals surface area contributed by atoms with E-state index in [-0.39, 0.29) is 18.0 Å². The number of fused-ring (bicyclic) bond motifs is 1. The lowest BCUT2D eigenvalue weighted by atomic mass is 10.1. The molecular formula is C13H13BrClFN2O. The third-order valence-corrected chi connectivity index (χ3v) is 4.44. The first kappa shape index (κ1) is 13.3. The fourth-order valence-corrected chi connectivity index (χ4v) is 3.18. The van der Waals surface area contributed by atoms with Crippen molar-refractivity contribution in [1.82, 2.24) is 9.55 Å². The quantitative estimate of drug-likeness (QED) is 0.767. The van der Waals surface area contributed by atoms with E-state index in [2.05, 4.69) is 20.9 Å². The Hall–Kier alpha value is -0.650. The van der Waals surface area contributed by atoms with Gasteiger partial charge in [-0.15, -0.1) is 11.6 Å². The van der Waals surface area contributed by atoms with Crippen LogP contribution in [0.15, 0.2) is 16.6 Å². The Kier molecular flexibility index (Phi) is 3.53. The molecule has 0 spiro atoms. The van der Waals surface area contributed by atoms with Gasteiger partial charge in [-0.3, -0.25) is 0 Å². The highest BCUT2D eigenvalue weighted by molar-refractivity contribution is 9.10. The van der Waals surface area contributed by atoms with Crippen LogP contribution in [0, 0.1) is 5.82 Å².